The van der Waals surface area contributed by atoms with Crippen LogP contribution in [0.25, 0.3) is 22.6 Å². The van der Waals surface area contributed by atoms with E-state index in [2.05, 4.69) is 20.3 Å². The van der Waals surface area contributed by atoms with E-state index in [4.69, 9.17) is 0 Å². The average molecular weight is 359 g/mol. The molecule has 0 atom stereocenters. The van der Waals surface area contributed by atoms with Crippen molar-refractivity contribution in [3.05, 3.63) is 83.5 Å². The number of pyridine rings is 2. The predicted molar refractivity (Wildman–Crippen MR) is 101 cm³/mol. The Morgan fingerprint density at radius 3 is 2.81 bits per heavy atom. The number of fused-ring (bicyclic) bond motifs is 1. The minimum atomic E-state index is -0.223. The fourth-order valence-corrected chi connectivity index (χ4v) is 2.89. The van der Waals surface area contributed by atoms with Crippen molar-refractivity contribution in [2.75, 3.05) is 6.54 Å². The molecule has 0 radical (unpaired) electrons. The maximum atomic E-state index is 12.6. The number of rotatable bonds is 5. The standard InChI is InChI=1S/C20H17N5O2/c26-20(22-10-8-14-5-4-12-25(27)13-14)16-9-11-21-19-17(16)23-18(24-19)15-6-2-1-3-7-15/h1-7,9,11-13H,8,10H2,(H,22,26)(H,21,23,24). The Morgan fingerprint density at radius 2 is 2.00 bits per heavy atom. The molecule has 3 aromatic heterocycles. The fourth-order valence-electron chi connectivity index (χ4n) is 2.89. The van der Waals surface area contributed by atoms with E-state index in [1.807, 2.05) is 36.4 Å². The van der Waals surface area contributed by atoms with Gasteiger partial charge in [-0.3, -0.25) is 4.79 Å². The van der Waals surface area contributed by atoms with Gasteiger partial charge in [-0.1, -0.05) is 30.3 Å². The summed E-state index contributed by atoms with van der Waals surface area (Å²) >= 11 is 0. The van der Waals surface area contributed by atoms with Crippen LogP contribution in [0, 0.1) is 5.21 Å². The molecular formula is C20H17N5O2. The summed E-state index contributed by atoms with van der Waals surface area (Å²) in [5.41, 5.74) is 3.35. The molecule has 0 spiro atoms. The van der Waals surface area contributed by atoms with Gasteiger partial charge < -0.3 is 15.5 Å². The molecule has 1 aromatic carbocycles. The molecule has 0 aliphatic rings. The molecule has 0 saturated heterocycles. The van der Waals surface area contributed by atoms with Gasteiger partial charge in [-0.05, 0) is 18.6 Å². The lowest BCUT2D eigenvalue weighted by Crippen LogP contribution is -2.28. The van der Waals surface area contributed by atoms with Gasteiger partial charge in [0, 0.05) is 29.9 Å². The summed E-state index contributed by atoms with van der Waals surface area (Å²) in [4.78, 5) is 24.6. The number of H-pyrrole nitrogens is 1. The van der Waals surface area contributed by atoms with Crippen LogP contribution in [0.1, 0.15) is 15.9 Å². The van der Waals surface area contributed by atoms with Gasteiger partial charge in [-0.2, -0.15) is 4.73 Å². The number of hydrogen-bond donors (Lipinski definition) is 2. The molecule has 4 aromatic rings. The van der Waals surface area contributed by atoms with E-state index in [-0.39, 0.29) is 5.91 Å². The first-order valence-electron chi connectivity index (χ1n) is 8.57. The Hall–Kier alpha value is -3.74. The van der Waals surface area contributed by atoms with Gasteiger partial charge in [-0.15, -0.1) is 0 Å². The van der Waals surface area contributed by atoms with Crippen LogP contribution in [0.4, 0.5) is 0 Å². The number of aromatic nitrogens is 4. The van der Waals surface area contributed by atoms with Gasteiger partial charge in [0.15, 0.2) is 18.0 Å². The number of nitrogens with zero attached hydrogens (tertiary/aromatic N) is 3. The Balaban J connectivity index is 1.52. The number of imidazole rings is 1. The molecule has 0 bridgehead atoms. The summed E-state index contributed by atoms with van der Waals surface area (Å²) in [6.07, 6.45) is 5.08. The summed E-state index contributed by atoms with van der Waals surface area (Å²) in [6.45, 7) is 0.419. The number of amides is 1. The molecule has 0 aliphatic heterocycles. The smallest absolute Gasteiger partial charge is 0.253 e. The van der Waals surface area contributed by atoms with Crippen molar-refractivity contribution < 1.29 is 9.52 Å². The number of aromatic amines is 1. The van der Waals surface area contributed by atoms with Crippen LogP contribution < -0.4 is 10.0 Å². The molecule has 7 nitrogen and oxygen atoms in total. The number of hydrogen-bond acceptors (Lipinski definition) is 4. The normalized spacial score (nSPS) is 10.8. The maximum Gasteiger partial charge on any atom is 0.253 e. The van der Waals surface area contributed by atoms with E-state index >= 15 is 0 Å². The molecule has 0 aliphatic carbocycles. The van der Waals surface area contributed by atoms with Gasteiger partial charge in [0.2, 0.25) is 0 Å². The van der Waals surface area contributed by atoms with Crippen LogP contribution in [0.2, 0.25) is 0 Å². The summed E-state index contributed by atoms with van der Waals surface area (Å²) < 4.78 is 0.748. The van der Waals surface area contributed by atoms with E-state index in [9.17, 15) is 10.0 Å². The lowest BCUT2D eigenvalue weighted by atomic mass is 10.2. The van der Waals surface area contributed by atoms with Crippen LogP contribution in [0.5, 0.6) is 0 Å². The quantitative estimate of drug-likeness (QED) is 0.422. The number of carbonyl (C=O) groups excluding carboxylic acids is 1. The summed E-state index contributed by atoms with van der Waals surface area (Å²) in [6, 6.07) is 14.9. The summed E-state index contributed by atoms with van der Waals surface area (Å²) in [7, 11) is 0. The Labute approximate surface area is 155 Å². The first-order valence-corrected chi connectivity index (χ1v) is 8.57. The zero-order valence-electron chi connectivity index (χ0n) is 14.4. The summed E-state index contributed by atoms with van der Waals surface area (Å²) in [5.74, 6) is 0.446. The zero-order chi connectivity index (χ0) is 18.6. The van der Waals surface area contributed by atoms with Crippen molar-refractivity contribution >= 4 is 17.1 Å². The molecule has 134 valence electrons. The first-order chi connectivity index (χ1) is 13.2. The van der Waals surface area contributed by atoms with Crippen molar-refractivity contribution in [1.82, 2.24) is 20.3 Å². The molecule has 7 heteroatoms. The molecule has 3 heterocycles. The lowest BCUT2D eigenvalue weighted by Gasteiger charge is -2.05. The third-order valence-corrected chi connectivity index (χ3v) is 4.21. The van der Waals surface area contributed by atoms with Gasteiger partial charge in [-0.25, -0.2) is 9.97 Å². The number of benzene rings is 1. The third-order valence-electron chi connectivity index (χ3n) is 4.21. The molecular weight excluding hydrogens is 342 g/mol. The van der Waals surface area contributed by atoms with E-state index in [1.165, 1.54) is 12.4 Å². The highest BCUT2D eigenvalue weighted by molar-refractivity contribution is 6.04. The van der Waals surface area contributed by atoms with Gasteiger partial charge in [0.1, 0.15) is 11.3 Å². The second-order valence-electron chi connectivity index (χ2n) is 6.09. The Morgan fingerprint density at radius 1 is 1.15 bits per heavy atom. The zero-order valence-corrected chi connectivity index (χ0v) is 14.4. The largest absolute Gasteiger partial charge is 0.619 e. The van der Waals surface area contributed by atoms with Crippen molar-refractivity contribution in [3.8, 4) is 11.4 Å². The Kier molecular flexibility index (Phi) is 4.49. The van der Waals surface area contributed by atoms with Crippen molar-refractivity contribution in [2.45, 2.75) is 6.42 Å². The molecule has 2 N–H and O–H groups in total. The van der Waals surface area contributed by atoms with Crippen LogP contribution in [-0.4, -0.2) is 27.4 Å². The molecule has 4 rings (SSSR count). The van der Waals surface area contributed by atoms with E-state index < -0.39 is 0 Å². The van der Waals surface area contributed by atoms with E-state index in [0.29, 0.717) is 35.5 Å². The molecule has 0 saturated carbocycles. The Bertz CT molecular complexity index is 1090. The highest BCUT2D eigenvalue weighted by Gasteiger charge is 2.15. The summed E-state index contributed by atoms with van der Waals surface area (Å²) in [5, 5.41) is 14.2. The van der Waals surface area contributed by atoms with Crippen molar-refractivity contribution in [3.63, 3.8) is 0 Å². The van der Waals surface area contributed by atoms with Crippen LogP contribution >= 0.6 is 0 Å². The first kappa shape index (κ1) is 16.7. The van der Waals surface area contributed by atoms with Gasteiger partial charge >= 0.3 is 0 Å². The predicted octanol–water partition coefficient (Wildman–Crippen LogP) is 2.23. The van der Waals surface area contributed by atoms with Crippen LogP contribution in [-0.2, 0) is 6.42 Å². The van der Waals surface area contributed by atoms with Gasteiger partial charge in [0.05, 0.1) is 5.56 Å². The van der Waals surface area contributed by atoms with E-state index in [0.717, 1.165) is 15.9 Å². The molecule has 27 heavy (non-hydrogen) atoms. The second-order valence-corrected chi connectivity index (χ2v) is 6.09. The fraction of sp³-hybridized carbons (Fsp3) is 0.100. The highest BCUT2D eigenvalue weighted by atomic mass is 16.5. The van der Waals surface area contributed by atoms with Crippen LogP contribution in [0.15, 0.2) is 67.1 Å². The SMILES string of the molecule is O=C(NCCc1ccc[n+]([O-])c1)c1ccnc2[nH]c(-c3ccccc3)nc12. The van der Waals surface area contributed by atoms with Crippen molar-refractivity contribution in [1.29, 1.82) is 0 Å². The minimum Gasteiger partial charge on any atom is -0.619 e. The maximum absolute atomic E-state index is 12.6. The van der Waals surface area contributed by atoms with Crippen molar-refractivity contribution in [2.24, 2.45) is 0 Å². The highest BCUT2D eigenvalue weighted by Crippen LogP contribution is 2.21. The molecule has 1 amide bonds. The minimum absolute atomic E-state index is 0.223. The second kappa shape index (κ2) is 7.25. The topological polar surface area (TPSA) is 97.6 Å². The number of carbonyl (C=O) groups is 1. The van der Waals surface area contributed by atoms with Gasteiger partial charge in [0.25, 0.3) is 5.91 Å². The molecule has 0 unspecified atom stereocenters. The van der Waals surface area contributed by atoms with E-state index in [1.54, 1.807) is 18.3 Å². The molecule has 0 fully saturated rings. The lowest BCUT2D eigenvalue weighted by molar-refractivity contribution is -0.605. The number of nitrogens with one attached hydrogen (secondary N) is 2. The average Bonchev–Trinajstić information content (AvgIpc) is 3.13. The van der Waals surface area contributed by atoms with Crippen LogP contribution in [0.3, 0.4) is 0 Å². The monoisotopic (exact) mass is 359 g/mol. The third kappa shape index (κ3) is 3.62.